The van der Waals surface area contributed by atoms with Gasteiger partial charge >= 0.3 is 5.97 Å². The molecular formula is C17H17IO5. The van der Waals surface area contributed by atoms with E-state index in [9.17, 15) is 9.59 Å². The van der Waals surface area contributed by atoms with Gasteiger partial charge in [-0.25, -0.2) is 4.79 Å². The van der Waals surface area contributed by atoms with Crippen LogP contribution in [0.1, 0.15) is 12.5 Å². The topological polar surface area (TPSA) is 61.8 Å². The van der Waals surface area contributed by atoms with Gasteiger partial charge in [0.15, 0.2) is 0 Å². The first kappa shape index (κ1) is 17.7. The zero-order chi connectivity index (χ0) is 16.8. The number of Topliss-reactive ketones (excluding diaryl/α,β-unsaturated/α-hetero) is 1. The Morgan fingerprint density at radius 1 is 1.39 bits per heavy atom. The van der Waals surface area contributed by atoms with Crippen molar-refractivity contribution < 1.29 is 23.8 Å². The molecule has 1 heterocycles. The monoisotopic (exact) mass is 428 g/mol. The quantitative estimate of drug-likeness (QED) is 0.380. The van der Waals surface area contributed by atoms with Crippen molar-refractivity contribution >= 4 is 34.3 Å². The van der Waals surface area contributed by atoms with Gasteiger partial charge in [-0.05, 0) is 40.9 Å². The fourth-order valence-corrected chi connectivity index (χ4v) is 2.47. The number of cyclic esters (lactones) is 1. The third-order valence-electron chi connectivity index (χ3n) is 3.27. The van der Waals surface area contributed by atoms with E-state index < -0.39 is 12.1 Å². The molecule has 2 rings (SSSR count). The molecule has 0 amide bonds. The molecule has 0 aromatic heterocycles. The zero-order valence-corrected chi connectivity index (χ0v) is 15.0. The minimum atomic E-state index is -0.821. The minimum absolute atomic E-state index is 0.0479. The van der Waals surface area contributed by atoms with Gasteiger partial charge in [0.2, 0.25) is 5.78 Å². The number of carbonyl (C=O) groups is 2. The average Bonchev–Trinajstić information content (AvgIpc) is 2.89. The van der Waals surface area contributed by atoms with Crippen LogP contribution in [0.4, 0.5) is 0 Å². The molecule has 1 aliphatic rings. The van der Waals surface area contributed by atoms with Crippen molar-refractivity contribution in [3.8, 4) is 5.75 Å². The molecule has 0 radical (unpaired) electrons. The average molecular weight is 428 g/mol. The standard InChI is InChI=1S/C17H17IO5/c1-11-9-14(17(20)23-11)16(19)15(7-8-18)22-10-12-3-5-13(21-2)6-4-12/h3-9,11,15H,10H2,1-2H3/b8-7+/t11-,15-/m0/s1. The number of rotatable bonds is 7. The van der Waals surface area contributed by atoms with Crippen molar-refractivity contribution in [2.45, 2.75) is 25.7 Å². The maximum Gasteiger partial charge on any atom is 0.342 e. The Morgan fingerprint density at radius 3 is 2.61 bits per heavy atom. The molecule has 0 fully saturated rings. The first-order chi connectivity index (χ1) is 11.0. The van der Waals surface area contributed by atoms with Gasteiger partial charge in [0.05, 0.1) is 13.7 Å². The second-order valence-electron chi connectivity index (χ2n) is 4.95. The number of carbonyl (C=O) groups excluding carboxylic acids is 2. The summed E-state index contributed by atoms with van der Waals surface area (Å²) in [5, 5.41) is 0. The van der Waals surface area contributed by atoms with Gasteiger partial charge in [-0.15, -0.1) is 0 Å². The normalized spacial score (nSPS) is 18.7. The van der Waals surface area contributed by atoms with Crippen LogP contribution in [0, 0.1) is 0 Å². The highest BCUT2D eigenvalue weighted by Gasteiger charge is 2.32. The number of benzene rings is 1. The number of methoxy groups -OCH3 is 1. The van der Waals surface area contributed by atoms with E-state index in [1.165, 1.54) is 6.08 Å². The van der Waals surface area contributed by atoms with Gasteiger partial charge in [0, 0.05) is 0 Å². The molecule has 6 heteroatoms. The first-order valence-electron chi connectivity index (χ1n) is 7.03. The minimum Gasteiger partial charge on any atom is -0.497 e. The largest absolute Gasteiger partial charge is 0.497 e. The van der Waals surface area contributed by atoms with Crippen molar-refractivity contribution in [2.24, 2.45) is 0 Å². The Hall–Kier alpha value is -1.67. The van der Waals surface area contributed by atoms with Crippen LogP contribution in [0.25, 0.3) is 0 Å². The summed E-state index contributed by atoms with van der Waals surface area (Å²) < 4.78 is 17.4. The highest BCUT2D eigenvalue weighted by molar-refractivity contribution is 14.1. The van der Waals surface area contributed by atoms with Gasteiger partial charge in [-0.2, -0.15) is 0 Å². The van der Waals surface area contributed by atoms with Crippen molar-refractivity contribution in [3.63, 3.8) is 0 Å². The van der Waals surface area contributed by atoms with Crippen molar-refractivity contribution in [1.82, 2.24) is 0 Å². The third-order valence-corrected chi connectivity index (χ3v) is 3.69. The van der Waals surface area contributed by atoms with Gasteiger partial charge in [0.25, 0.3) is 0 Å². The fraction of sp³-hybridized carbons (Fsp3) is 0.294. The Balaban J connectivity index is 2.05. The molecule has 2 atom stereocenters. The lowest BCUT2D eigenvalue weighted by molar-refractivity contribution is -0.141. The SMILES string of the molecule is COc1ccc(CO[C@@H](/C=C/I)C(=O)C2=C[C@H](C)OC2=O)cc1. The molecule has 0 unspecified atom stereocenters. The second-order valence-corrected chi connectivity index (χ2v) is 5.67. The molecule has 23 heavy (non-hydrogen) atoms. The predicted molar refractivity (Wildman–Crippen MR) is 93.4 cm³/mol. The van der Waals surface area contributed by atoms with E-state index in [2.05, 4.69) is 0 Å². The molecule has 122 valence electrons. The smallest absolute Gasteiger partial charge is 0.342 e. The van der Waals surface area contributed by atoms with Crippen molar-refractivity contribution in [1.29, 1.82) is 0 Å². The number of halogens is 1. The van der Waals surface area contributed by atoms with Crippen LogP contribution in [0.5, 0.6) is 5.75 Å². The summed E-state index contributed by atoms with van der Waals surface area (Å²) in [7, 11) is 1.60. The summed E-state index contributed by atoms with van der Waals surface area (Å²) in [5.41, 5.74) is 0.952. The van der Waals surface area contributed by atoms with E-state index in [4.69, 9.17) is 14.2 Å². The Labute approximate surface area is 148 Å². The van der Waals surface area contributed by atoms with Crippen LogP contribution < -0.4 is 4.74 Å². The first-order valence-corrected chi connectivity index (χ1v) is 8.28. The van der Waals surface area contributed by atoms with Crippen LogP contribution in [0.2, 0.25) is 0 Å². The molecule has 1 aromatic carbocycles. The zero-order valence-electron chi connectivity index (χ0n) is 12.8. The lowest BCUT2D eigenvalue weighted by Crippen LogP contribution is -2.26. The van der Waals surface area contributed by atoms with Crippen molar-refractivity contribution in [3.05, 3.63) is 51.6 Å². The molecule has 1 aliphatic heterocycles. The van der Waals surface area contributed by atoms with E-state index in [0.717, 1.165) is 11.3 Å². The summed E-state index contributed by atoms with van der Waals surface area (Å²) in [5.74, 6) is -0.232. The summed E-state index contributed by atoms with van der Waals surface area (Å²) >= 11 is 2.01. The maximum absolute atomic E-state index is 12.4. The fourth-order valence-electron chi connectivity index (χ4n) is 2.10. The lowest BCUT2D eigenvalue weighted by Gasteiger charge is -2.13. The number of ether oxygens (including phenoxy) is 3. The van der Waals surface area contributed by atoms with Crippen LogP contribution in [0.15, 0.2) is 46.1 Å². The van der Waals surface area contributed by atoms with Crippen molar-refractivity contribution in [2.75, 3.05) is 7.11 Å². The van der Waals surface area contributed by atoms with Crippen LogP contribution in [-0.2, 0) is 25.7 Å². The lowest BCUT2D eigenvalue weighted by atomic mass is 10.1. The number of hydrogen-bond donors (Lipinski definition) is 0. The molecule has 0 spiro atoms. The Kier molecular flexibility index (Phi) is 6.35. The highest BCUT2D eigenvalue weighted by Crippen LogP contribution is 2.19. The van der Waals surface area contributed by atoms with E-state index in [1.54, 1.807) is 24.2 Å². The van der Waals surface area contributed by atoms with Gasteiger partial charge < -0.3 is 14.2 Å². The summed E-state index contributed by atoms with van der Waals surface area (Å²) in [6.07, 6.45) is 1.93. The number of hydrogen-bond acceptors (Lipinski definition) is 5. The predicted octanol–water partition coefficient (Wildman–Crippen LogP) is 2.97. The van der Waals surface area contributed by atoms with E-state index >= 15 is 0 Å². The summed E-state index contributed by atoms with van der Waals surface area (Å²) in [6.45, 7) is 1.96. The highest BCUT2D eigenvalue weighted by atomic mass is 127. The number of esters is 1. The van der Waals surface area contributed by atoms with Gasteiger partial charge in [-0.1, -0.05) is 34.7 Å². The van der Waals surface area contributed by atoms with E-state index in [0.29, 0.717) is 0 Å². The second kappa shape index (κ2) is 8.26. The molecule has 0 bridgehead atoms. The molecule has 0 saturated carbocycles. The molecule has 0 saturated heterocycles. The number of ketones is 1. The Morgan fingerprint density at radius 2 is 2.09 bits per heavy atom. The van der Waals surface area contributed by atoms with Gasteiger partial charge in [-0.3, -0.25) is 4.79 Å². The van der Waals surface area contributed by atoms with E-state index in [-0.39, 0.29) is 24.1 Å². The summed E-state index contributed by atoms with van der Waals surface area (Å²) in [6, 6.07) is 7.36. The van der Waals surface area contributed by atoms with Gasteiger partial charge in [0.1, 0.15) is 23.5 Å². The Bertz CT molecular complexity index is 633. The van der Waals surface area contributed by atoms with Crippen LogP contribution >= 0.6 is 22.6 Å². The molecule has 0 N–H and O–H groups in total. The molecule has 0 aliphatic carbocycles. The molecular weight excluding hydrogens is 411 g/mol. The maximum atomic E-state index is 12.4. The van der Waals surface area contributed by atoms with Crippen LogP contribution in [-0.4, -0.2) is 31.1 Å². The summed E-state index contributed by atoms with van der Waals surface area (Å²) in [4.78, 5) is 24.1. The molecule has 5 nitrogen and oxygen atoms in total. The van der Waals surface area contributed by atoms with E-state index in [1.807, 2.05) is 46.9 Å². The third kappa shape index (κ3) is 4.65. The molecule has 1 aromatic rings. The van der Waals surface area contributed by atoms with Crippen LogP contribution in [0.3, 0.4) is 0 Å².